The fourth-order valence-electron chi connectivity index (χ4n) is 2.58. The number of halogens is 1. The summed E-state index contributed by atoms with van der Waals surface area (Å²) in [7, 11) is 2.85. The van der Waals surface area contributed by atoms with Gasteiger partial charge in [0, 0.05) is 13.1 Å². The number of rotatable bonds is 8. The summed E-state index contributed by atoms with van der Waals surface area (Å²) in [4.78, 5) is 26.3. The molecule has 2 rings (SSSR count). The number of carbonyl (C=O) groups excluding carboxylic acids is 2. The number of benzene rings is 2. The van der Waals surface area contributed by atoms with Gasteiger partial charge < -0.3 is 19.1 Å². The standard InChI is InChI=1S/C20H22FNO5/c1-4-22(12-14-7-5-8-15(21)11-14)18(23)13-27-20(24)19-16(25-2)9-6-10-17(19)26-3/h5-11H,4,12-13H2,1-3H3. The second-order valence-corrected chi connectivity index (χ2v) is 5.65. The summed E-state index contributed by atoms with van der Waals surface area (Å²) < 4.78 is 28.8. The van der Waals surface area contributed by atoms with Crippen molar-refractivity contribution < 1.29 is 28.2 Å². The number of esters is 1. The van der Waals surface area contributed by atoms with Crippen LogP contribution in [0.1, 0.15) is 22.8 Å². The first-order valence-corrected chi connectivity index (χ1v) is 8.40. The van der Waals surface area contributed by atoms with Crippen molar-refractivity contribution >= 4 is 11.9 Å². The zero-order chi connectivity index (χ0) is 19.8. The molecule has 0 heterocycles. The first kappa shape index (κ1) is 20.2. The Morgan fingerprint density at radius 3 is 2.22 bits per heavy atom. The number of ether oxygens (including phenoxy) is 3. The molecule has 27 heavy (non-hydrogen) atoms. The number of hydrogen-bond acceptors (Lipinski definition) is 5. The fourth-order valence-corrected chi connectivity index (χ4v) is 2.58. The molecule has 0 N–H and O–H groups in total. The van der Waals surface area contributed by atoms with Crippen LogP contribution < -0.4 is 9.47 Å². The molecule has 2 aromatic rings. The molecule has 1 amide bonds. The van der Waals surface area contributed by atoms with Crippen LogP contribution in [0.25, 0.3) is 0 Å². The molecule has 0 aliphatic heterocycles. The molecule has 0 radical (unpaired) electrons. The van der Waals surface area contributed by atoms with Crippen LogP contribution in [-0.4, -0.2) is 44.1 Å². The summed E-state index contributed by atoms with van der Waals surface area (Å²) in [5.74, 6) is -0.896. The van der Waals surface area contributed by atoms with E-state index < -0.39 is 12.6 Å². The van der Waals surface area contributed by atoms with E-state index in [0.29, 0.717) is 23.6 Å². The van der Waals surface area contributed by atoms with Crippen LogP contribution in [0.5, 0.6) is 11.5 Å². The molecular formula is C20H22FNO5. The minimum atomic E-state index is -0.723. The molecule has 144 valence electrons. The minimum Gasteiger partial charge on any atom is -0.496 e. The lowest BCUT2D eigenvalue weighted by molar-refractivity contribution is -0.135. The molecule has 0 unspecified atom stereocenters. The van der Waals surface area contributed by atoms with Gasteiger partial charge in [0.15, 0.2) is 6.61 Å². The van der Waals surface area contributed by atoms with Gasteiger partial charge in [-0.25, -0.2) is 9.18 Å². The molecule has 0 bridgehead atoms. The van der Waals surface area contributed by atoms with Crippen LogP contribution >= 0.6 is 0 Å². The third-order valence-corrected chi connectivity index (χ3v) is 3.96. The largest absolute Gasteiger partial charge is 0.496 e. The second kappa shape index (κ2) is 9.56. The molecule has 0 spiro atoms. The first-order valence-electron chi connectivity index (χ1n) is 8.40. The van der Waals surface area contributed by atoms with E-state index in [4.69, 9.17) is 14.2 Å². The zero-order valence-corrected chi connectivity index (χ0v) is 15.5. The van der Waals surface area contributed by atoms with Crippen molar-refractivity contribution in [3.8, 4) is 11.5 Å². The van der Waals surface area contributed by atoms with Crippen LogP contribution in [0.4, 0.5) is 4.39 Å². The van der Waals surface area contributed by atoms with Gasteiger partial charge in [-0.1, -0.05) is 18.2 Å². The number of likely N-dealkylation sites (N-methyl/N-ethyl adjacent to an activating group) is 1. The van der Waals surface area contributed by atoms with Gasteiger partial charge in [0.1, 0.15) is 22.9 Å². The number of carbonyl (C=O) groups is 2. The Bertz CT molecular complexity index is 786. The molecule has 7 heteroatoms. The SMILES string of the molecule is CCN(Cc1cccc(F)c1)C(=O)COC(=O)c1c(OC)cccc1OC. The number of methoxy groups -OCH3 is 2. The van der Waals surface area contributed by atoms with E-state index in [-0.39, 0.29) is 23.8 Å². The van der Waals surface area contributed by atoms with E-state index in [1.807, 2.05) is 0 Å². The highest BCUT2D eigenvalue weighted by molar-refractivity contribution is 5.96. The highest BCUT2D eigenvalue weighted by atomic mass is 19.1. The summed E-state index contributed by atoms with van der Waals surface area (Å²) >= 11 is 0. The Kier molecular flexibility index (Phi) is 7.16. The Hall–Kier alpha value is -3.09. The zero-order valence-electron chi connectivity index (χ0n) is 15.5. The van der Waals surface area contributed by atoms with Gasteiger partial charge >= 0.3 is 5.97 Å². The Balaban J connectivity index is 2.04. The van der Waals surface area contributed by atoms with Gasteiger partial charge in [-0.05, 0) is 36.8 Å². The van der Waals surface area contributed by atoms with Gasteiger partial charge in [-0.2, -0.15) is 0 Å². The van der Waals surface area contributed by atoms with Crippen LogP contribution in [0.3, 0.4) is 0 Å². The first-order chi connectivity index (χ1) is 13.0. The summed E-state index contributed by atoms with van der Waals surface area (Å²) in [6.07, 6.45) is 0. The van der Waals surface area contributed by atoms with Gasteiger partial charge in [0.2, 0.25) is 0 Å². The fraction of sp³-hybridized carbons (Fsp3) is 0.300. The Morgan fingerprint density at radius 1 is 1.04 bits per heavy atom. The van der Waals surface area contributed by atoms with Crippen LogP contribution in [-0.2, 0) is 16.1 Å². The third kappa shape index (κ3) is 5.20. The molecular weight excluding hydrogens is 353 g/mol. The quantitative estimate of drug-likeness (QED) is 0.664. The number of amides is 1. The average Bonchev–Trinajstić information content (AvgIpc) is 2.69. The summed E-state index contributed by atoms with van der Waals surface area (Å²) in [6.45, 7) is 1.97. The lowest BCUT2D eigenvalue weighted by Gasteiger charge is -2.21. The van der Waals surface area contributed by atoms with E-state index in [1.54, 1.807) is 37.3 Å². The molecule has 2 aromatic carbocycles. The van der Waals surface area contributed by atoms with E-state index >= 15 is 0 Å². The normalized spacial score (nSPS) is 10.2. The Morgan fingerprint density at radius 2 is 1.67 bits per heavy atom. The maximum Gasteiger partial charge on any atom is 0.346 e. The van der Waals surface area contributed by atoms with Gasteiger partial charge in [0.25, 0.3) is 5.91 Å². The monoisotopic (exact) mass is 375 g/mol. The van der Waals surface area contributed by atoms with E-state index in [1.165, 1.54) is 31.3 Å². The molecule has 0 saturated heterocycles. The third-order valence-electron chi connectivity index (χ3n) is 3.96. The molecule has 0 aromatic heterocycles. The lowest BCUT2D eigenvalue weighted by Crippen LogP contribution is -2.34. The highest BCUT2D eigenvalue weighted by Gasteiger charge is 2.22. The van der Waals surface area contributed by atoms with Crippen molar-refractivity contribution in [3.05, 3.63) is 59.4 Å². The van der Waals surface area contributed by atoms with E-state index in [0.717, 1.165) is 0 Å². The molecule has 0 saturated carbocycles. The molecule has 0 aliphatic rings. The van der Waals surface area contributed by atoms with Crippen LogP contribution in [0.15, 0.2) is 42.5 Å². The predicted octanol–water partition coefficient (Wildman–Crippen LogP) is 3.05. The molecule has 0 aliphatic carbocycles. The van der Waals surface area contributed by atoms with Gasteiger partial charge in [-0.3, -0.25) is 4.79 Å². The molecule has 6 nitrogen and oxygen atoms in total. The highest BCUT2D eigenvalue weighted by Crippen LogP contribution is 2.28. The second-order valence-electron chi connectivity index (χ2n) is 5.65. The average molecular weight is 375 g/mol. The summed E-state index contributed by atoms with van der Waals surface area (Å²) in [5, 5.41) is 0. The predicted molar refractivity (Wildman–Crippen MR) is 97.3 cm³/mol. The lowest BCUT2D eigenvalue weighted by atomic mass is 10.2. The van der Waals surface area contributed by atoms with Crippen molar-refractivity contribution in [2.24, 2.45) is 0 Å². The van der Waals surface area contributed by atoms with Crippen LogP contribution in [0, 0.1) is 5.82 Å². The van der Waals surface area contributed by atoms with Crippen molar-refractivity contribution in [2.45, 2.75) is 13.5 Å². The van der Waals surface area contributed by atoms with Gasteiger partial charge in [0.05, 0.1) is 14.2 Å². The van der Waals surface area contributed by atoms with Crippen molar-refractivity contribution in [2.75, 3.05) is 27.4 Å². The van der Waals surface area contributed by atoms with Crippen LogP contribution in [0.2, 0.25) is 0 Å². The van der Waals surface area contributed by atoms with Crippen molar-refractivity contribution in [3.63, 3.8) is 0 Å². The minimum absolute atomic E-state index is 0.114. The summed E-state index contributed by atoms with van der Waals surface area (Å²) in [6, 6.07) is 10.9. The number of hydrogen-bond donors (Lipinski definition) is 0. The van der Waals surface area contributed by atoms with E-state index in [2.05, 4.69) is 0 Å². The van der Waals surface area contributed by atoms with E-state index in [9.17, 15) is 14.0 Å². The van der Waals surface area contributed by atoms with Crippen molar-refractivity contribution in [1.82, 2.24) is 4.90 Å². The van der Waals surface area contributed by atoms with Crippen molar-refractivity contribution in [1.29, 1.82) is 0 Å². The topological polar surface area (TPSA) is 65.1 Å². The maximum absolute atomic E-state index is 13.3. The molecule has 0 fully saturated rings. The summed E-state index contributed by atoms with van der Waals surface area (Å²) in [5.41, 5.74) is 0.770. The Labute approximate surface area is 157 Å². The van der Waals surface area contributed by atoms with Gasteiger partial charge in [-0.15, -0.1) is 0 Å². The smallest absolute Gasteiger partial charge is 0.346 e. The molecule has 0 atom stereocenters. The maximum atomic E-state index is 13.3. The number of nitrogens with zero attached hydrogens (tertiary/aromatic N) is 1.